The van der Waals surface area contributed by atoms with Crippen molar-refractivity contribution in [2.75, 3.05) is 20.6 Å². The van der Waals surface area contributed by atoms with Crippen LogP contribution in [0.4, 0.5) is 0 Å². The van der Waals surface area contributed by atoms with Crippen LogP contribution in [0.5, 0.6) is 0 Å². The minimum Gasteiger partial charge on any atom is -0.366 e. The third-order valence-corrected chi connectivity index (χ3v) is 4.58. The fourth-order valence-electron chi connectivity index (χ4n) is 3.37. The lowest BCUT2D eigenvalue weighted by Gasteiger charge is -2.15. The van der Waals surface area contributed by atoms with Gasteiger partial charge in [0.15, 0.2) is 0 Å². The van der Waals surface area contributed by atoms with E-state index < -0.39 is 0 Å². The number of hydrogen-bond acceptors (Lipinski definition) is 3. The molecular formula is C20H30N4O. The van der Waals surface area contributed by atoms with Crippen molar-refractivity contribution in [3.05, 3.63) is 41.5 Å². The first-order valence-electron chi connectivity index (χ1n) is 9.04. The predicted octanol–water partition coefficient (Wildman–Crippen LogP) is 3.25. The fraction of sp³-hybridized carbons (Fsp3) is 0.500. The fourth-order valence-corrected chi connectivity index (χ4v) is 3.37. The Bertz CT molecular complexity index is 704. The highest BCUT2D eigenvalue weighted by Gasteiger charge is 2.24. The quantitative estimate of drug-likeness (QED) is 0.761. The lowest BCUT2D eigenvalue weighted by Crippen LogP contribution is -2.17. The zero-order valence-corrected chi connectivity index (χ0v) is 15.9. The lowest BCUT2D eigenvalue weighted by atomic mass is 9.99. The average Bonchev–Trinajstić information content (AvgIpc) is 2.86. The molecule has 0 atom stereocenters. The molecule has 0 aliphatic heterocycles. The summed E-state index contributed by atoms with van der Waals surface area (Å²) in [6.07, 6.45) is 7.74. The summed E-state index contributed by atoms with van der Waals surface area (Å²) < 4.78 is 2.29. The van der Waals surface area contributed by atoms with E-state index in [2.05, 4.69) is 35.5 Å². The maximum atomic E-state index is 12.2. The molecule has 5 heteroatoms. The van der Waals surface area contributed by atoms with E-state index in [1.165, 1.54) is 5.69 Å². The lowest BCUT2D eigenvalue weighted by molar-refractivity contribution is 0.1000. The van der Waals surface area contributed by atoms with Gasteiger partial charge in [0.2, 0.25) is 0 Å². The second kappa shape index (κ2) is 8.81. The van der Waals surface area contributed by atoms with Crippen molar-refractivity contribution in [3.63, 3.8) is 0 Å². The van der Waals surface area contributed by atoms with Crippen molar-refractivity contribution in [1.82, 2.24) is 14.5 Å². The summed E-state index contributed by atoms with van der Waals surface area (Å²) >= 11 is 0. The molecule has 136 valence electrons. The van der Waals surface area contributed by atoms with Crippen LogP contribution in [0.2, 0.25) is 0 Å². The molecule has 2 heterocycles. The van der Waals surface area contributed by atoms with E-state index in [9.17, 15) is 4.79 Å². The molecule has 2 rings (SSSR count). The van der Waals surface area contributed by atoms with E-state index >= 15 is 0 Å². The van der Waals surface area contributed by atoms with Crippen LogP contribution in [-0.4, -0.2) is 41.0 Å². The van der Waals surface area contributed by atoms with E-state index in [1.807, 2.05) is 25.3 Å². The summed E-state index contributed by atoms with van der Waals surface area (Å²) in [4.78, 5) is 18.6. The van der Waals surface area contributed by atoms with Crippen LogP contribution in [0.15, 0.2) is 24.5 Å². The van der Waals surface area contributed by atoms with Gasteiger partial charge in [-0.2, -0.15) is 0 Å². The van der Waals surface area contributed by atoms with Gasteiger partial charge in [0.25, 0.3) is 5.91 Å². The van der Waals surface area contributed by atoms with Crippen molar-refractivity contribution in [2.24, 2.45) is 5.73 Å². The molecule has 5 nitrogen and oxygen atoms in total. The molecule has 0 aliphatic rings. The molecule has 0 aromatic carbocycles. The smallest absolute Gasteiger partial charge is 0.251 e. The Morgan fingerprint density at radius 3 is 2.64 bits per heavy atom. The van der Waals surface area contributed by atoms with Crippen molar-refractivity contribution in [2.45, 2.75) is 46.1 Å². The number of amides is 1. The van der Waals surface area contributed by atoms with Crippen LogP contribution >= 0.6 is 0 Å². The molecule has 1 amide bonds. The molecule has 0 fully saturated rings. The summed E-state index contributed by atoms with van der Waals surface area (Å²) in [5, 5.41) is 0. The Balaban J connectivity index is 2.55. The van der Waals surface area contributed by atoms with E-state index in [4.69, 9.17) is 5.73 Å². The van der Waals surface area contributed by atoms with Gasteiger partial charge in [-0.15, -0.1) is 0 Å². The Labute approximate surface area is 150 Å². The maximum Gasteiger partial charge on any atom is 0.251 e. The molecule has 25 heavy (non-hydrogen) atoms. The van der Waals surface area contributed by atoms with Gasteiger partial charge in [0, 0.05) is 41.5 Å². The van der Waals surface area contributed by atoms with Gasteiger partial charge in [-0.05, 0) is 52.9 Å². The number of primary amides is 1. The van der Waals surface area contributed by atoms with Crippen LogP contribution in [0, 0.1) is 6.92 Å². The van der Waals surface area contributed by atoms with E-state index in [-0.39, 0.29) is 5.91 Å². The van der Waals surface area contributed by atoms with Crippen LogP contribution in [-0.2, 0) is 13.0 Å². The average molecular weight is 342 g/mol. The molecule has 2 aromatic heterocycles. The highest BCUT2D eigenvalue weighted by atomic mass is 16.1. The second-order valence-electron chi connectivity index (χ2n) is 6.80. The van der Waals surface area contributed by atoms with Gasteiger partial charge >= 0.3 is 0 Å². The first kappa shape index (κ1) is 19.2. The minimum atomic E-state index is -0.361. The minimum absolute atomic E-state index is 0.361. The molecule has 2 aromatic rings. The summed E-state index contributed by atoms with van der Waals surface area (Å²) in [7, 11) is 4.16. The van der Waals surface area contributed by atoms with Gasteiger partial charge in [-0.3, -0.25) is 9.78 Å². The number of rotatable bonds is 9. The largest absolute Gasteiger partial charge is 0.366 e. The molecule has 0 saturated carbocycles. The number of carbonyl (C=O) groups excluding carboxylic acids is 1. The molecule has 0 aliphatic carbocycles. The Morgan fingerprint density at radius 2 is 2.08 bits per heavy atom. The zero-order chi connectivity index (χ0) is 18.4. The predicted molar refractivity (Wildman–Crippen MR) is 103 cm³/mol. The molecule has 0 bridgehead atoms. The normalized spacial score (nSPS) is 11.2. The number of unbranched alkanes of at least 4 members (excludes halogenated alkanes) is 1. The van der Waals surface area contributed by atoms with Crippen molar-refractivity contribution in [1.29, 1.82) is 0 Å². The third kappa shape index (κ3) is 4.48. The Kier molecular flexibility index (Phi) is 6.76. The summed E-state index contributed by atoms with van der Waals surface area (Å²) in [5.41, 5.74) is 10.5. The van der Waals surface area contributed by atoms with Crippen LogP contribution in [0.1, 0.15) is 47.9 Å². The molecule has 0 spiro atoms. The molecule has 0 unspecified atom stereocenters. The standard InChI is InChI=1S/C20H30N4O/c1-5-6-10-17-19(16-9-7-11-22-14-16)18(20(21)25)15(2)24(17)13-8-12-23(3)4/h7,9,11,14H,5-6,8,10,12-13H2,1-4H3,(H2,21,25). The van der Waals surface area contributed by atoms with Crippen molar-refractivity contribution in [3.8, 4) is 11.1 Å². The SMILES string of the molecule is CCCCc1c(-c2cccnc2)c(C(N)=O)c(C)n1CCCN(C)C. The van der Waals surface area contributed by atoms with Gasteiger partial charge in [0.05, 0.1) is 5.56 Å². The monoisotopic (exact) mass is 342 g/mol. The number of carbonyl (C=O) groups is 1. The zero-order valence-electron chi connectivity index (χ0n) is 15.9. The number of pyridine rings is 1. The van der Waals surface area contributed by atoms with Gasteiger partial charge in [0.1, 0.15) is 0 Å². The highest BCUT2D eigenvalue weighted by Crippen LogP contribution is 2.33. The van der Waals surface area contributed by atoms with E-state index in [1.54, 1.807) is 6.20 Å². The first-order valence-corrected chi connectivity index (χ1v) is 9.04. The second-order valence-corrected chi connectivity index (χ2v) is 6.80. The van der Waals surface area contributed by atoms with E-state index in [0.29, 0.717) is 5.56 Å². The summed E-state index contributed by atoms with van der Waals surface area (Å²) in [6.45, 7) is 6.10. The number of aromatic nitrogens is 2. The maximum absolute atomic E-state index is 12.2. The summed E-state index contributed by atoms with van der Waals surface area (Å²) in [6, 6.07) is 3.91. The van der Waals surface area contributed by atoms with Crippen molar-refractivity contribution < 1.29 is 4.79 Å². The Morgan fingerprint density at radius 1 is 1.32 bits per heavy atom. The van der Waals surface area contributed by atoms with Gasteiger partial charge < -0.3 is 15.2 Å². The summed E-state index contributed by atoms with van der Waals surface area (Å²) in [5.74, 6) is -0.361. The first-order chi connectivity index (χ1) is 12.0. The third-order valence-electron chi connectivity index (χ3n) is 4.58. The van der Waals surface area contributed by atoms with Crippen LogP contribution in [0.3, 0.4) is 0 Å². The topological polar surface area (TPSA) is 64.1 Å². The highest BCUT2D eigenvalue weighted by molar-refractivity contribution is 6.02. The van der Waals surface area contributed by atoms with Gasteiger partial charge in [-0.25, -0.2) is 0 Å². The molecule has 2 N–H and O–H groups in total. The molecular weight excluding hydrogens is 312 g/mol. The number of nitrogens with two attached hydrogens (primary N) is 1. The molecule has 0 radical (unpaired) electrons. The number of nitrogens with zero attached hydrogens (tertiary/aromatic N) is 3. The molecule has 0 saturated heterocycles. The number of hydrogen-bond donors (Lipinski definition) is 1. The van der Waals surface area contributed by atoms with E-state index in [0.717, 1.165) is 55.6 Å². The Hall–Kier alpha value is -2.14. The van der Waals surface area contributed by atoms with Crippen molar-refractivity contribution >= 4 is 5.91 Å². The van der Waals surface area contributed by atoms with Gasteiger partial charge in [-0.1, -0.05) is 19.4 Å². The van der Waals surface area contributed by atoms with Crippen LogP contribution < -0.4 is 5.73 Å². The van der Waals surface area contributed by atoms with Crippen LogP contribution in [0.25, 0.3) is 11.1 Å².